The Morgan fingerprint density at radius 3 is 2.69 bits per heavy atom. The van der Waals surface area contributed by atoms with Gasteiger partial charge < -0.3 is 10.2 Å². The van der Waals surface area contributed by atoms with Gasteiger partial charge in [0.2, 0.25) is 0 Å². The third-order valence-corrected chi connectivity index (χ3v) is 2.60. The van der Waals surface area contributed by atoms with Crippen LogP contribution in [0.5, 0.6) is 0 Å². The van der Waals surface area contributed by atoms with Crippen LogP contribution in [0.1, 0.15) is 17.2 Å². The van der Waals surface area contributed by atoms with Gasteiger partial charge in [0.15, 0.2) is 6.10 Å². The molecule has 0 aliphatic rings. The molecule has 16 heavy (non-hydrogen) atoms. The van der Waals surface area contributed by atoms with E-state index in [1.165, 1.54) is 0 Å². The molecule has 0 aromatic heterocycles. The first-order chi connectivity index (χ1) is 7.59. The zero-order chi connectivity index (χ0) is 11.7. The summed E-state index contributed by atoms with van der Waals surface area (Å²) < 4.78 is 0. The van der Waals surface area contributed by atoms with E-state index in [9.17, 15) is 9.90 Å². The molecule has 0 spiro atoms. The van der Waals surface area contributed by atoms with Crippen molar-refractivity contribution in [3.8, 4) is 0 Å². The molecule has 1 atom stereocenters. The molecule has 0 aliphatic heterocycles. The van der Waals surface area contributed by atoms with Gasteiger partial charge in [-0.2, -0.15) is 0 Å². The molecular formula is C13H12O3. The molecule has 2 aromatic rings. The molecule has 0 amide bonds. The van der Waals surface area contributed by atoms with E-state index >= 15 is 0 Å². The van der Waals surface area contributed by atoms with Gasteiger partial charge >= 0.3 is 5.97 Å². The normalized spacial score (nSPS) is 12.6. The van der Waals surface area contributed by atoms with Gasteiger partial charge in [0.05, 0.1) is 0 Å². The molecule has 0 fully saturated rings. The second kappa shape index (κ2) is 3.94. The number of carboxylic acid groups (broad SMARTS) is 1. The van der Waals surface area contributed by atoms with E-state index in [0.29, 0.717) is 5.56 Å². The molecule has 1 unspecified atom stereocenters. The molecule has 2 aromatic carbocycles. The average molecular weight is 216 g/mol. The van der Waals surface area contributed by atoms with Crippen molar-refractivity contribution in [3.63, 3.8) is 0 Å². The largest absolute Gasteiger partial charge is 0.479 e. The van der Waals surface area contributed by atoms with Crippen LogP contribution in [0.3, 0.4) is 0 Å². The topological polar surface area (TPSA) is 57.5 Å². The minimum atomic E-state index is -1.47. The van der Waals surface area contributed by atoms with E-state index in [1.807, 2.05) is 31.2 Å². The van der Waals surface area contributed by atoms with E-state index < -0.39 is 12.1 Å². The van der Waals surface area contributed by atoms with E-state index in [1.54, 1.807) is 12.1 Å². The number of aliphatic hydroxyl groups is 1. The number of carboxylic acids is 1. The fourth-order valence-electron chi connectivity index (χ4n) is 1.78. The summed E-state index contributed by atoms with van der Waals surface area (Å²) in [5.41, 5.74) is 1.48. The molecular weight excluding hydrogens is 204 g/mol. The number of aryl methyl sites for hydroxylation is 1. The van der Waals surface area contributed by atoms with Crippen LogP contribution in [0.4, 0.5) is 0 Å². The minimum absolute atomic E-state index is 0.439. The second-order valence-electron chi connectivity index (χ2n) is 3.81. The summed E-state index contributed by atoms with van der Waals surface area (Å²) in [5, 5.41) is 20.1. The van der Waals surface area contributed by atoms with Gasteiger partial charge in [0.1, 0.15) is 0 Å². The number of benzene rings is 2. The summed E-state index contributed by atoms with van der Waals surface area (Å²) in [7, 11) is 0. The lowest BCUT2D eigenvalue weighted by atomic mass is 9.99. The monoisotopic (exact) mass is 216 g/mol. The molecule has 82 valence electrons. The molecule has 0 heterocycles. The lowest BCUT2D eigenvalue weighted by Gasteiger charge is -2.10. The van der Waals surface area contributed by atoms with Crippen molar-refractivity contribution in [1.82, 2.24) is 0 Å². The summed E-state index contributed by atoms with van der Waals surface area (Å²) >= 11 is 0. The fraction of sp³-hybridized carbons (Fsp3) is 0.154. The van der Waals surface area contributed by atoms with Crippen LogP contribution in [0.2, 0.25) is 0 Å². The maximum atomic E-state index is 10.8. The van der Waals surface area contributed by atoms with Crippen molar-refractivity contribution in [3.05, 3.63) is 47.5 Å². The summed E-state index contributed by atoms with van der Waals surface area (Å²) in [6.07, 6.45) is -1.47. The summed E-state index contributed by atoms with van der Waals surface area (Å²) in [4.78, 5) is 10.8. The maximum Gasteiger partial charge on any atom is 0.337 e. The van der Waals surface area contributed by atoms with Crippen LogP contribution < -0.4 is 0 Å². The third kappa shape index (κ3) is 1.77. The Morgan fingerprint density at radius 2 is 2.00 bits per heavy atom. The van der Waals surface area contributed by atoms with E-state index in [4.69, 9.17) is 5.11 Å². The first-order valence-electron chi connectivity index (χ1n) is 5.00. The first-order valence-corrected chi connectivity index (χ1v) is 5.00. The predicted octanol–water partition coefficient (Wildman–Crippen LogP) is 2.27. The summed E-state index contributed by atoms with van der Waals surface area (Å²) in [5.74, 6) is -1.23. The third-order valence-electron chi connectivity index (χ3n) is 2.60. The Hall–Kier alpha value is -1.87. The van der Waals surface area contributed by atoms with Crippen molar-refractivity contribution in [1.29, 1.82) is 0 Å². The van der Waals surface area contributed by atoms with Crippen LogP contribution in [0.15, 0.2) is 36.4 Å². The molecule has 0 saturated heterocycles. The van der Waals surface area contributed by atoms with Crippen molar-refractivity contribution in [2.75, 3.05) is 0 Å². The first kappa shape index (κ1) is 10.6. The van der Waals surface area contributed by atoms with Crippen LogP contribution in [-0.4, -0.2) is 16.2 Å². The molecule has 0 aliphatic carbocycles. The van der Waals surface area contributed by atoms with E-state index in [-0.39, 0.29) is 0 Å². The highest BCUT2D eigenvalue weighted by Crippen LogP contribution is 2.25. The number of carbonyl (C=O) groups is 1. The summed E-state index contributed by atoms with van der Waals surface area (Å²) in [6.45, 7) is 1.93. The van der Waals surface area contributed by atoms with Crippen molar-refractivity contribution in [2.45, 2.75) is 13.0 Å². The molecule has 0 bridgehead atoms. The van der Waals surface area contributed by atoms with Gasteiger partial charge in [-0.15, -0.1) is 0 Å². The van der Waals surface area contributed by atoms with E-state index in [2.05, 4.69) is 0 Å². The fourth-order valence-corrected chi connectivity index (χ4v) is 1.78. The van der Waals surface area contributed by atoms with Crippen LogP contribution in [0, 0.1) is 6.92 Å². The Balaban J connectivity index is 2.69. The highest BCUT2D eigenvalue weighted by Gasteiger charge is 2.17. The maximum absolute atomic E-state index is 10.8. The smallest absolute Gasteiger partial charge is 0.337 e. The average Bonchev–Trinajstić information content (AvgIpc) is 2.27. The number of aliphatic hydroxyl groups excluding tert-OH is 1. The van der Waals surface area contributed by atoms with Crippen molar-refractivity contribution in [2.24, 2.45) is 0 Å². The molecule has 2 rings (SSSR count). The van der Waals surface area contributed by atoms with Gasteiger partial charge in [0, 0.05) is 0 Å². The highest BCUT2D eigenvalue weighted by atomic mass is 16.4. The molecule has 2 N–H and O–H groups in total. The van der Waals surface area contributed by atoms with Crippen molar-refractivity contribution >= 4 is 16.7 Å². The van der Waals surface area contributed by atoms with Gasteiger partial charge in [-0.1, -0.05) is 42.0 Å². The lowest BCUT2D eigenvalue weighted by Crippen LogP contribution is -2.10. The Morgan fingerprint density at radius 1 is 1.25 bits per heavy atom. The number of hydrogen-bond acceptors (Lipinski definition) is 2. The van der Waals surface area contributed by atoms with Gasteiger partial charge in [-0.3, -0.25) is 0 Å². The lowest BCUT2D eigenvalue weighted by molar-refractivity contribution is -0.146. The number of fused-ring (bicyclic) bond motifs is 1. The summed E-state index contributed by atoms with van der Waals surface area (Å²) in [6, 6.07) is 11.0. The zero-order valence-electron chi connectivity index (χ0n) is 8.84. The molecule has 0 radical (unpaired) electrons. The zero-order valence-corrected chi connectivity index (χ0v) is 8.84. The van der Waals surface area contributed by atoms with Gasteiger partial charge in [-0.25, -0.2) is 4.79 Å². The SMILES string of the molecule is Cc1ccc2cccc(C(O)C(=O)O)c2c1. The molecule has 0 saturated carbocycles. The molecule has 3 heteroatoms. The minimum Gasteiger partial charge on any atom is -0.479 e. The van der Waals surface area contributed by atoms with Crippen LogP contribution in [0.25, 0.3) is 10.8 Å². The number of aliphatic carboxylic acids is 1. The molecule has 3 nitrogen and oxygen atoms in total. The number of hydrogen-bond donors (Lipinski definition) is 2. The van der Waals surface area contributed by atoms with E-state index in [0.717, 1.165) is 16.3 Å². The predicted molar refractivity (Wildman–Crippen MR) is 61.3 cm³/mol. The highest BCUT2D eigenvalue weighted by molar-refractivity contribution is 5.90. The Labute approximate surface area is 93.0 Å². The quantitative estimate of drug-likeness (QED) is 0.809. The van der Waals surface area contributed by atoms with Crippen LogP contribution in [-0.2, 0) is 4.79 Å². The number of rotatable bonds is 2. The van der Waals surface area contributed by atoms with Crippen LogP contribution >= 0.6 is 0 Å². The van der Waals surface area contributed by atoms with Gasteiger partial charge in [0.25, 0.3) is 0 Å². The second-order valence-corrected chi connectivity index (χ2v) is 3.81. The Bertz CT molecular complexity index is 546. The van der Waals surface area contributed by atoms with Gasteiger partial charge in [-0.05, 0) is 23.3 Å². The van der Waals surface area contributed by atoms with Crippen molar-refractivity contribution < 1.29 is 15.0 Å². The standard InChI is InChI=1S/C13H12O3/c1-8-5-6-9-3-2-4-10(11(9)7-8)12(14)13(15)16/h2-7,12,14H,1H3,(H,15,16). The Kier molecular flexibility index (Phi) is 2.62.